The van der Waals surface area contributed by atoms with Crippen molar-refractivity contribution in [1.82, 2.24) is 0 Å². The average Bonchev–Trinajstić information content (AvgIpc) is 2.52. The highest BCUT2D eigenvalue weighted by atomic mass is 32.2. The summed E-state index contributed by atoms with van der Waals surface area (Å²) in [5.41, 5.74) is 0.103. The smallest absolute Gasteiger partial charge is 0.376 e. The molecule has 2 aromatic rings. The van der Waals surface area contributed by atoms with Crippen LogP contribution in [0.1, 0.15) is 21.5 Å². The summed E-state index contributed by atoms with van der Waals surface area (Å²) in [4.78, 5) is 14.1. The Morgan fingerprint density at radius 2 is 1.78 bits per heavy atom. The molecule has 0 spiro atoms. The van der Waals surface area contributed by atoms with E-state index in [1.54, 1.807) is 25.1 Å². The summed E-state index contributed by atoms with van der Waals surface area (Å²) in [6.45, 7) is 0. The lowest BCUT2D eigenvalue weighted by Gasteiger charge is -2.20. The Hall–Kier alpha value is -2.55. The molecule has 0 saturated carbocycles. The third-order valence-corrected chi connectivity index (χ3v) is 4.53. The van der Waals surface area contributed by atoms with E-state index in [4.69, 9.17) is 0 Å². The first-order chi connectivity index (χ1) is 12.4. The topological polar surface area (TPSA) is 66.5 Å². The number of nitrogens with zero attached hydrogens (tertiary/aromatic N) is 1. The SMILES string of the molecule is CN(C)c1ccc(C(F)(F)F)cc1NC(=O)c1cccc(CS(C)(=O)=O)c1. The highest BCUT2D eigenvalue weighted by Crippen LogP contribution is 2.35. The van der Waals surface area contributed by atoms with Gasteiger partial charge >= 0.3 is 6.18 Å². The van der Waals surface area contributed by atoms with E-state index >= 15 is 0 Å². The zero-order chi connectivity index (χ0) is 20.4. The van der Waals surface area contributed by atoms with Gasteiger partial charge in [0.05, 0.1) is 22.7 Å². The van der Waals surface area contributed by atoms with Crippen molar-refractivity contribution in [3.63, 3.8) is 0 Å². The Balaban J connectivity index is 2.36. The van der Waals surface area contributed by atoms with Crippen molar-refractivity contribution in [1.29, 1.82) is 0 Å². The molecule has 0 unspecified atom stereocenters. The predicted molar refractivity (Wildman–Crippen MR) is 98.7 cm³/mol. The van der Waals surface area contributed by atoms with Gasteiger partial charge in [0, 0.05) is 25.9 Å². The summed E-state index contributed by atoms with van der Waals surface area (Å²) in [5.74, 6) is -0.867. The first-order valence-corrected chi connectivity index (χ1v) is 9.89. The predicted octanol–water partition coefficient (Wildman–Crippen LogP) is 3.57. The second-order valence-electron chi connectivity index (χ2n) is 6.35. The molecule has 146 valence electrons. The number of sulfone groups is 1. The number of halogens is 3. The Kier molecular flexibility index (Phi) is 5.84. The normalized spacial score (nSPS) is 11.9. The van der Waals surface area contributed by atoms with Crippen LogP contribution in [-0.4, -0.2) is 34.7 Å². The highest BCUT2D eigenvalue weighted by Gasteiger charge is 2.31. The molecular formula is C18H19F3N2O3S. The molecular weight excluding hydrogens is 381 g/mol. The van der Waals surface area contributed by atoms with Crippen molar-refractivity contribution < 1.29 is 26.4 Å². The number of carbonyl (C=O) groups excluding carboxylic acids is 1. The fourth-order valence-corrected chi connectivity index (χ4v) is 3.29. The lowest BCUT2D eigenvalue weighted by Crippen LogP contribution is -2.18. The van der Waals surface area contributed by atoms with E-state index in [2.05, 4.69) is 5.32 Å². The number of hydrogen-bond donors (Lipinski definition) is 1. The van der Waals surface area contributed by atoms with Crippen LogP contribution >= 0.6 is 0 Å². The van der Waals surface area contributed by atoms with E-state index in [1.807, 2.05) is 0 Å². The molecule has 0 aliphatic carbocycles. The second kappa shape index (κ2) is 7.59. The molecule has 1 N–H and O–H groups in total. The highest BCUT2D eigenvalue weighted by molar-refractivity contribution is 7.89. The number of anilines is 2. The van der Waals surface area contributed by atoms with Crippen molar-refractivity contribution >= 4 is 27.1 Å². The van der Waals surface area contributed by atoms with Crippen LogP contribution < -0.4 is 10.2 Å². The van der Waals surface area contributed by atoms with Crippen LogP contribution in [0.2, 0.25) is 0 Å². The molecule has 1 amide bonds. The zero-order valence-electron chi connectivity index (χ0n) is 15.0. The van der Waals surface area contributed by atoms with Crippen molar-refractivity contribution in [3.8, 4) is 0 Å². The maximum absolute atomic E-state index is 13.0. The number of alkyl halides is 3. The van der Waals surface area contributed by atoms with E-state index in [0.717, 1.165) is 18.4 Å². The van der Waals surface area contributed by atoms with Gasteiger partial charge in [-0.2, -0.15) is 13.2 Å². The van der Waals surface area contributed by atoms with Crippen molar-refractivity contribution in [2.24, 2.45) is 0 Å². The van der Waals surface area contributed by atoms with Gasteiger partial charge in [-0.1, -0.05) is 12.1 Å². The van der Waals surface area contributed by atoms with Gasteiger partial charge in [-0.25, -0.2) is 8.42 Å². The molecule has 0 radical (unpaired) electrons. The molecule has 2 aromatic carbocycles. The van der Waals surface area contributed by atoms with Crippen LogP contribution in [0.3, 0.4) is 0 Å². The van der Waals surface area contributed by atoms with Crippen molar-refractivity contribution in [3.05, 3.63) is 59.2 Å². The fourth-order valence-electron chi connectivity index (χ4n) is 2.50. The number of rotatable bonds is 5. The monoisotopic (exact) mass is 400 g/mol. The molecule has 5 nitrogen and oxygen atoms in total. The average molecular weight is 400 g/mol. The minimum absolute atomic E-state index is 0.00772. The minimum Gasteiger partial charge on any atom is -0.376 e. The summed E-state index contributed by atoms with van der Waals surface area (Å²) in [6.07, 6.45) is -3.47. The summed E-state index contributed by atoms with van der Waals surface area (Å²) >= 11 is 0. The van der Waals surface area contributed by atoms with Crippen molar-refractivity contribution in [2.75, 3.05) is 30.6 Å². The number of benzene rings is 2. The van der Waals surface area contributed by atoms with Crippen LogP contribution in [0, 0.1) is 0 Å². The number of hydrogen-bond acceptors (Lipinski definition) is 4. The zero-order valence-corrected chi connectivity index (χ0v) is 15.8. The maximum Gasteiger partial charge on any atom is 0.416 e. The van der Waals surface area contributed by atoms with Gasteiger partial charge in [0.25, 0.3) is 5.91 Å². The van der Waals surface area contributed by atoms with E-state index in [1.165, 1.54) is 24.3 Å². The maximum atomic E-state index is 13.0. The molecule has 0 aliphatic heterocycles. The first kappa shape index (κ1) is 20.8. The molecule has 0 saturated heterocycles. The molecule has 0 bridgehead atoms. The van der Waals surface area contributed by atoms with Crippen molar-refractivity contribution in [2.45, 2.75) is 11.9 Å². The molecule has 0 aliphatic rings. The van der Waals surface area contributed by atoms with Gasteiger partial charge in [0.1, 0.15) is 0 Å². The van der Waals surface area contributed by atoms with Crippen LogP contribution in [0.5, 0.6) is 0 Å². The molecule has 0 aromatic heterocycles. The van der Waals surface area contributed by atoms with Crippen LogP contribution in [0.4, 0.5) is 24.5 Å². The van der Waals surface area contributed by atoms with Crippen LogP contribution in [0.15, 0.2) is 42.5 Å². The molecule has 0 fully saturated rings. The lowest BCUT2D eigenvalue weighted by atomic mass is 10.1. The quantitative estimate of drug-likeness (QED) is 0.833. The van der Waals surface area contributed by atoms with Gasteiger partial charge in [0.15, 0.2) is 9.84 Å². The summed E-state index contributed by atoms with van der Waals surface area (Å²) in [5, 5.41) is 2.48. The molecule has 0 atom stereocenters. The molecule has 2 rings (SSSR count). The van der Waals surface area contributed by atoms with Gasteiger partial charge in [-0.15, -0.1) is 0 Å². The summed E-state index contributed by atoms with van der Waals surface area (Å²) < 4.78 is 61.8. The van der Waals surface area contributed by atoms with Crippen LogP contribution in [-0.2, 0) is 21.8 Å². The lowest BCUT2D eigenvalue weighted by molar-refractivity contribution is -0.137. The standard InChI is InChI=1S/C18H19F3N2O3S/c1-23(2)16-8-7-14(18(19,20)21)10-15(16)22-17(24)13-6-4-5-12(9-13)11-27(3,25)26/h4-10H,11H2,1-3H3,(H,22,24). The Morgan fingerprint density at radius 1 is 1.11 bits per heavy atom. The fraction of sp³-hybridized carbons (Fsp3) is 0.278. The Morgan fingerprint density at radius 3 is 2.33 bits per heavy atom. The van der Waals surface area contributed by atoms with E-state index in [0.29, 0.717) is 11.3 Å². The summed E-state index contributed by atoms with van der Waals surface area (Å²) in [6, 6.07) is 9.04. The third kappa shape index (κ3) is 5.72. The Labute approximate surface area is 155 Å². The first-order valence-electron chi connectivity index (χ1n) is 7.83. The largest absolute Gasteiger partial charge is 0.416 e. The molecule has 0 heterocycles. The van der Waals surface area contributed by atoms with E-state index in [9.17, 15) is 26.4 Å². The second-order valence-corrected chi connectivity index (χ2v) is 8.49. The van der Waals surface area contributed by atoms with E-state index < -0.39 is 27.5 Å². The summed E-state index contributed by atoms with van der Waals surface area (Å²) in [7, 11) is 0.00582. The number of amides is 1. The number of carbonyl (C=O) groups is 1. The van der Waals surface area contributed by atoms with Crippen LogP contribution in [0.25, 0.3) is 0 Å². The van der Waals surface area contributed by atoms with E-state index in [-0.39, 0.29) is 17.0 Å². The van der Waals surface area contributed by atoms with Gasteiger partial charge in [-0.05, 0) is 35.9 Å². The molecule has 9 heteroatoms. The van der Waals surface area contributed by atoms with Gasteiger partial charge in [0.2, 0.25) is 0 Å². The van der Waals surface area contributed by atoms with Gasteiger partial charge in [-0.3, -0.25) is 4.79 Å². The van der Waals surface area contributed by atoms with Gasteiger partial charge < -0.3 is 10.2 Å². The minimum atomic E-state index is -4.54. The molecule has 27 heavy (non-hydrogen) atoms. The Bertz CT molecular complexity index is 955. The third-order valence-electron chi connectivity index (χ3n) is 3.67. The number of nitrogens with one attached hydrogen (secondary N) is 1.